The molecule has 220 valence electrons. The van der Waals surface area contributed by atoms with Crippen molar-refractivity contribution in [3.8, 4) is 5.75 Å². The molecule has 5 unspecified atom stereocenters. The van der Waals surface area contributed by atoms with Crippen molar-refractivity contribution >= 4 is 23.5 Å². The van der Waals surface area contributed by atoms with E-state index in [9.17, 15) is 19.5 Å². The topological polar surface area (TPSA) is 129 Å². The molecule has 3 amide bonds. The van der Waals surface area contributed by atoms with Gasteiger partial charge in [0.25, 0.3) is 0 Å². The van der Waals surface area contributed by atoms with Crippen molar-refractivity contribution in [3.05, 3.63) is 108 Å². The summed E-state index contributed by atoms with van der Waals surface area (Å²) in [6.07, 6.45) is 1.27. The Bertz CT molecular complexity index is 1380. The number of nitrogens with one attached hydrogen (secondary N) is 4. The zero-order valence-corrected chi connectivity index (χ0v) is 24.0. The molecular weight excluding hydrogens is 532 g/mol. The zero-order valence-electron chi connectivity index (χ0n) is 24.0. The van der Waals surface area contributed by atoms with E-state index in [1.165, 1.54) is 6.20 Å². The molecule has 42 heavy (non-hydrogen) atoms. The zero-order chi connectivity index (χ0) is 30.1. The predicted octanol–water partition coefficient (Wildman–Crippen LogP) is 3.64. The van der Waals surface area contributed by atoms with Crippen LogP contribution >= 0.6 is 0 Å². The Morgan fingerprint density at radius 3 is 2.21 bits per heavy atom. The Morgan fingerprint density at radius 2 is 1.60 bits per heavy atom. The van der Waals surface area contributed by atoms with E-state index in [1.807, 2.05) is 74.5 Å². The molecule has 0 spiro atoms. The largest absolute Gasteiger partial charge is 0.506 e. The first-order valence-electron chi connectivity index (χ1n) is 14.1. The summed E-state index contributed by atoms with van der Waals surface area (Å²) < 4.78 is 6.40. The fourth-order valence-electron chi connectivity index (χ4n) is 4.79. The molecule has 0 fully saturated rings. The number of likely N-dealkylation sites (N-methyl/N-ethyl adjacent to an activating group) is 1. The number of carbonyl (C=O) groups excluding carboxylic acids is 3. The van der Waals surface area contributed by atoms with Crippen LogP contribution < -0.4 is 26.0 Å². The second-order valence-electron chi connectivity index (χ2n) is 10.4. The molecule has 3 aromatic rings. The molecule has 0 radical (unpaired) electrons. The molecule has 9 heteroatoms. The quantitative estimate of drug-likeness (QED) is 0.281. The third kappa shape index (κ3) is 7.55. The van der Waals surface area contributed by atoms with E-state index in [2.05, 4.69) is 21.3 Å². The standard InChI is InChI=1S/C33H38N4O5/c1-4-21(2)28-32(40)35-20-27(38)23-15-17-25(18-16-23)42-30(24-13-9-6-10-14-24)29(33(41)36-28)37-31(39)26(34-3)19-22-11-7-5-8-12-22/h5-18,20-21,26,28-30,34,38H,4,19H2,1-3H3,(H,35,40)(H,36,41)(H,37,39)/b27-20+. The van der Waals surface area contributed by atoms with Gasteiger partial charge in [0.15, 0.2) is 6.10 Å². The summed E-state index contributed by atoms with van der Waals surface area (Å²) in [5, 5.41) is 22.0. The Hall–Kier alpha value is -4.63. The van der Waals surface area contributed by atoms with Gasteiger partial charge in [-0.3, -0.25) is 14.4 Å². The molecule has 0 saturated heterocycles. The van der Waals surface area contributed by atoms with E-state index in [0.29, 0.717) is 29.7 Å². The number of hydrogen-bond donors (Lipinski definition) is 5. The summed E-state index contributed by atoms with van der Waals surface area (Å²) in [4.78, 5) is 41.1. The summed E-state index contributed by atoms with van der Waals surface area (Å²) in [5.41, 5.74) is 2.09. The third-order valence-electron chi connectivity index (χ3n) is 7.52. The van der Waals surface area contributed by atoms with Gasteiger partial charge in [0.2, 0.25) is 17.7 Å². The lowest BCUT2D eigenvalue weighted by Crippen LogP contribution is -2.59. The van der Waals surface area contributed by atoms with E-state index in [-0.39, 0.29) is 17.6 Å². The second kappa shape index (κ2) is 14.3. The molecule has 2 aliphatic heterocycles. The van der Waals surface area contributed by atoms with Crippen LogP contribution in [-0.2, 0) is 20.8 Å². The van der Waals surface area contributed by atoms with Gasteiger partial charge >= 0.3 is 0 Å². The maximum Gasteiger partial charge on any atom is 0.247 e. The number of fused-ring (bicyclic) bond motifs is 10. The summed E-state index contributed by atoms with van der Waals surface area (Å²) in [7, 11) is 1.69. The average molecular weight is 571 g/mol. The maximum atomic E-state index is 14.1. The van der Waals surface area contributed by atoms with Gasteiger partial charge in [-0.25, -0.2) is 0 Å². The van der Waals surface area contributed by atoms with Crippen LogP contribution in [0.2, 0.25) is 0 Å². The van der Waals surface area contributed by atoms with Crippen LogP contribution in [0.3, 0.4) is 0 Å². The first-order valence-corrected chi connectivity index (χ1v) is 14.1. The smallest absolute Gasteiger partial charge is 0.247 e. The molecule has 5 rings (SSSR count). The first kappa shape index (κ1) is 30.3. The first-order chi connectivity index (χ1) is 20.3. The lowest BCUT2D eigenvalue weighted by molar-refractivity contribution is -0.135. The number of amides is 3. The fraction of sp³-hybridized carbons (Fsp3) is 0.303. The summed E-state index contributed by atoms with van der Waals surface area (Å²) in [6, 6.07) is 22.6. The minimum Gasteiger partial charge on any atom is -0.506 e. The highest BCUT2D eigenvalue weighted by molar-refractivity contribution is 5.94. The summed E-state index contributed by atoms with van der Waals surface area (Å²) >= 11 is 0. The summed E-state index contributed by atoms with van der Waals surface area (Å²) in [6.45, 7) is 3.77. The highest BCUT2D eigenvalue weighted by Gasteiger charge is 2.37. The van der Waals surface area contributed by atoms with Crippen molar-refractivity contribution in [2.75, 3.05) is 7.05 Å². The molecule has 3 aromatic carbocycles. The highest BCUT2D eigenvalue weighted by Crippen LogP contribution is 2.27. The van der Waals surface area contributed by atoms with Gasteiger partial charge in [0.1, 0.15) is 23.6 Å². The van der Waals surface area contributed by atoms with Crippen LogP contribution in [-0.4, -0.2) is 48.0 Å². The molecule has 9 nitrogen and oxygen atoms in total. The van der Waals surface area contributed by atoms with Crippen LogP contribution in [0.1, 0.15) is 43.1 Å². The maximum absolute atomic E-state index is 14.1. The Labute approximate surface area is 246 Å². The third-order valence-corrected chi connectivity index (χ3v) is 7.52. The van der Waals surface area contributed by atoms with Crippen LogP contribution in [0.5, 0.6) is 5.75 Å². The molecule has 0 aliphatic carbocycles. The molecule has 0 saturated carbocycles. The van der Waals surface area contributed by atoms with Gasteiger partial charge in [-0.05, 0) is 54.8 Å². The highest BCUT2D eigenvalue weighted by atomic mass is 16.5. The molecule has 2 bridgehead atoms. The number of carbonyl (C=O) groups is 3. The van der Waals surface area contributed by atoms with Crippen LogP contribution in [0.4, 0.5) is 0 Å². The van der Waals surface area contributed by atoms with Crippen molar-refractivity contribution in [3.63, 3.8) is 0 Å². The number of ether oxygens (including phenoxy) is 1. The van der Waals surface area contributed by atoms with Gasteiger partial charge in [-0.1, -0.05) is 80.9 Å². The number of aliphatic hydroxyl groups is 1. The van der Waals surface area contributed by atoms with E-state index in [0.717, 1.165) is 5.56 Å². The van der Waals surface area contributed by atoms with Crippen LogP contribution in [0.15, 0.2) is 91.1 Å². The van der Waals surface area contributed by atoms with Crippen molar-refractivity contribution in [1.29, 1.82) is 0 Å². The Kier molecular flexibility index (Phi) is 10.3. The average Bonchev–Trinajstić information content (AvgIpc) is 3.03. The number of hydrogen-bond acceptors (Lipinski definition) is 6. The fourth-order valence-corrected chi connectivity index (χ4v) is 4.79. The Balaban J connectivity index is 1.77. The van der Waals surface area contributed by atoms with Crippen LogP contribution in [0, 0.1) is 5.92 Å². The van der Waals surface area contributed by atoms with Crippen molar-refractivity contribution < 1.29 is 24.2 Å². The molecule has 2 aliphatic rings. The van der Waals surface area contributed by atoms with Crippen molar-refractivity contribution in [2.45, 2.75) is 50.9 Å². The van der Waals surface area contributed by atoms with Gasteiger partial charge in [0.05, 0.1) is 6.04 Å². The van der Waals surface area contributed by atoms with E-state index >= 15 is 0 Å². The molecular formula is C33H38N4O5. The minimum absolute atomic E-state index is 0.137. The lowest BCUT2D eigenvalue weighted by Gasteiger charge is -2.32. The van der Waals surface area contributed by atoms with E-state index in [4.69, 9.17) is 4.74 Å². The SMILES string of the molecule is CCC(C)C1NC(=O)C(NC(=O)C(Cc2ccccc2)NC)C(c2ccccc2)Oc2ccc(cc2)/C(O)=C\NC1=O. The van der Waals surface area contributed by atoms with Crippen LogP contribution in [0.25, 0.3) is 5.76 Å². The number of rotatable bonds is 8. The number of benzene rings is 3. The predicted molar refractivity (Wildman–Crippen MR) is 161 cm³/mol. The van der Waals surface area contributed by atoms with Gasteiger partial charge in [0, 0.05) is 11.8 Å². The molecule has 0 aromatic heterocycles. The molecule has 2 heterocycles. The molecule has 5 atom stereocenters. The number of aliphatic hydroxyl groups excluding tert-OH is 1. The van der Waals surface area contributed by atoms with E-state index in [1.54, 1.807) is 31.3 Å². The van der Waals surface area contributed by atoms with Crippen molar-refractivity contribution in [1.82, 2.24) is 21.3 Å². The van der Waals surface area contributed by atoms with E-state index < -0.39 is 36.0 Å². The summed E-state index contributed by atoms with van der Waals surface area (Å²) in [5.74, 6) is -1.40. The Morgan fingerprint density at radius 1 is 0.952 bits per heavy atom. The minimum atomic E-state index is -1.20. The monoisotopic (exact) mass is 570 g/mol. The second-order valence-corrected chi connectivity index (χ2v) is 10.4. The van der Waals surface area contributed by atoms with Crippen molar-refractivity contribution in [2.24, 2.45) is 5.92 Å². The van der Waals surface area contributed by atoms with Gasteiger partial charge in [-0.2, -0.15) is 0 Å². The lowest BCUT2D eigenvalue weighted by atomic mass is 9.95. The van der Waals surface area contributed by atoms with Gasteiger partial charge < -0.3 is 31.1 Å². The normalized spacial score (nSPS) is 21.9. The molecule has 5 N–H and O–H groups in total. The van der Waals surface area contributed by atoms with Gasteiger partial charge in [-0.15, -0.1) is 0 Å².